The summed E-state index contributed by atoms with van der Waals surface area (Å²) in [4.78, 5) is 10.1. The Morgan fingerprint density at radius 1 is 1.23 bits per heavy atom. The van der Waals surface area contributed by atoms with Crippen LogP contribution in [0.3, 0.4) is 0 Å². The first-order valence-electron chi connectivity index (χ1n) is 6.24. The normalized spacial score (nSPS) is 17.0. The van der Waals surface area contributed by atoms with Gasteiger partial charge in [-0.3, -0.25) is 15.5 Å². The van der Waals surface area contributed by atoms with Gasteiger partial charge in [0.15, 0.2) is 0 Å². The maximum Gasteiger partial charge on any atom is 0.294 e. The van der Waals surface area contributed by atoms with Crippen LogP contribution in [0.1, 0.15) is 0 Å². The number of hydrogen-bond donors (Lipinski definition) is 6. The average molecular weight is 315 g/mol. The summed E-state index contributed by atoms with van der Waals surface area (Å²) in [6.07, 6.45) is -6.06. The monoisotopic (exact) mass is 315 g/mol. The summed E-state index contributed by atoms with van der Waals surface area (Å²) in [5, 5.41) is 60.6. The molecule has 122 valence electrons. The molecule has 1 aromatic rings. The molecule has 10 heteroatoms. The van der Waals surface area contributed by atoms with E-state index >= 15 is 0 Å². The first-order valence-corrected chi connectivity index (χ1v) is 6.24. The molecule has 0 amide bonds. The molecule has 0 spiro atoms. The zero-order chi connectivity index (χ0) is 16.7. The summed E-state index contributed by atoms with van der Waals surface area (Å²) in [5.41, 5.74) is 2.17. The van der Waals surface area contributed by atoms with E-state index in [-0.39, 0.29) is 11.4 Å². The van der Waals surface area contributed by atoms with E-state index in [4.69, 9.17) is 10.2 Å². The molecule has 4 atom stereocenters. The van der Waals surface area contributed by atoms with Crippen LogP contribution >= 0.6 is 0 Å². The highest BCUT2D eigenvalue weighted by Gasteiger charge is 2.29. The number of nitrogens with one attached hydrogen (secondary N) is 1. The Bertz CT molecular complexity index is 525. The summed E-state index contributed by atoms with van der Waals surface area (Å²) in [6.45, 7) is -0.795. The number of hydrogen-bond acceptors (Lipinski definition) is 9. The maximum absolute atomic E-state index is 10.8. The van der Waals surface area contributed by atoms with Gasteiger partial charge in [0.2, 0.25) is 0 Å². The minimum atomic E-state index is -1.79. The number of hydrazone groups is 1. The Morgan fingerprint density at radius 2 is 1.86 bits per heavy atom. The third-order valence-electron chi connectivity index (χ3n) is 2.79. The van der Waals surface area contributed by atoms with Crippen LogP contribution in [-0.2, 0) is 0 Å². The Balaban J connectivity index is 2.68. The second kappa shape index (κ2) is 8.36. The van der Waals surface area contributed by atoms with Crippen LogP contribution in [0.4, 0.5) is 11.4 Å². The van der Waals surface area contributed by atoms with Gasteiger partial charge in [0.1, 0.15) is 30.1 Å². The molecule has 22 heavy (non-hydrogen) atoms. The zero-order valence-electron chi connectivity index (χ0n) is 11.4. The highest BCUT2D eigenvalue weighted by atomic mass is 16.6. The topological polar surface area (TPSA) is 169 Å². The SMILES string of the molecule is O=[N+]([O-])c1ccccc1NN=C[C@H](O)[C@@H](O)[C@@H](O)[C@H](O)CO. The summed E-state index contributed by atoms with van der Waals surface area (Å²) >= 11 is 0. The molecular formula is C12H17N3O7. The molecule has 0 radical (unpaired) electrons. The van der Waals surface area contributed by atoms with Crippen LogP contribution in [0, 0.1) is 10.1 Å². The van der Waals surface area contributed by atoms with Gasteiger partial charge in [0.05, 0.1) is 17.7 Å². The van der Waals surface area contributed by atoms with Crippen LogP contribution in [0.5, 0.6) is 0 Å². The van der Waals surface area contributed by atoms with Crippen LogP contribution in [0.25, 0.3) is 0 Å². The largest absolute Gasteiger partial charge is 0.394 e. The second-order valence-electron chi connectivity index (χ2n) is 4.39. The third kappa shape index (κ3) is 4.72. The summed E-state index contributed by atoms with van der Waals surface area (Å²) in [6, 6.07) is 5.66. The number of para-hydroxylation sites is 2. The number of aliphatic hydroxyl groups is 5. The first-order chi connectivity index (χ1) is 10.4. The Morgan fingerprint density at radius 3 is 2.45 bits per heavy atom. The minimum Gasteiger partial charge on any atom is -0.394 e. The lowest BCUT2D eigenvalue weighted by Gasteiger charge is -2.23. The van der Waals surface area contributed by atoms with Crippen LogP contribution in [0.2, 0.25) is 0 Å². The molecule has 0 unspecified atom stereocenters. The second-order valence-corrected chi connectivity index (χ2v) is 4.39. The number of anilines is 1. The van der Waals surface area contributed by atoms with Crippen molar-refractivity contribution >= 4 is 17.6 Å². The van der Waals surface area contributed by atoms with E-state index in [1.165, 1.54) is 24.3 Å². The molecule has 0 saturated heterocycles. The van der Waals surface area contributed by atoms with E-state index in [0.29, 0.717) is 0 Å². The van der Waals surface area contributed by atoms with Crippen LogP contribution in [0.15, 0.2) is 29.4 Å². The van der Waals surface area contributed by atoms with Crippen molar-refractivity contribution in [3.63, 3.8) is 0 Å². The van der Waals surface area contributed by atoms with E-state index < -0.39 is 35.9 Å². The molecule has 0 fully saturated rings. The van der Waals surface area contributed by atoms with Crippen molar-refractivity contribution in [2.45, 2.75) is 24.4 Å². The van der Waals surface area contributed by atoms with Crippen molar-refractivity contribution in [2.24, 2.45) is 5.10 Å². The molecule has 1 aromatic carbocycles. The number of nitrogens with zero attached hydrogens (tertiary/aromatic N) is 2. The van der Waals surface area contributed by atoms with E-state index in [1.807, 2.05) is 0 Å². The fourth-order valence-corrected chi connectivity index (χ4v) is 1.54. The van der Waals surface area contributed by atoms with E-state index in [2.05, 4.69) is 10.5 Å². The zero-order valence-corrected chi connectivity index (χ0v) is 11.4. The van der Waals surface area contributed by atoms with Crippen LogP contribution < -0.4 is 5.43 Å². The lowest BCUT2D eigenvalue weighted by Crippen LogP contribution is -2.46. The quantitative estimate of drug-likeness (QED) is 0.190. The molecule has 0 aliphatic heterocycles. The highest BCUT2D eigenvalue weighted by Crippen LogP contribution is 2.22. The molecule has 0 bridgehead atoms. The van der Waals surface area contributed by atoms with Gasteiger partial charge in [-0.1, -0.05) is 12.1 Å². The van der Waals surface area contributed by atoms with E-state index in [0.717, 1.165) is 6.21 Å². The maximum atomic E-state index is 10.8. The van der Waals surface area contributed by atoms with Crippen molar-refractivity contribution in [1.82, 2.24) is 0 Å². The van der Waals surface area contributed by atoms with Gasteiger partial charge in [0.25, 0.3) is 5.69 Å². The van der Waals surface area contributed by atoms with E-state index in [9.17, 15) is 25.4 Å². The van der Waals surface area contributed by atoms with E-state index in [1.54, 1.807) is 0 Å². The van der Waals surface area contributed by atoms with Crippen molar-refractivity contribution in [3.05, 3.63) is 34.4 Å². The van der Waals surface area contributed by atoms with Crippen LogP contribution in [-0.4, -0.2) is 67.7 Å². The fraction of sp³-hybridized carbons (Fsp3) is 0.417. The number of nitro benzene ring substituents is 1. The van der Waals surface area contributed by atoms with Crippen molar-refractivity contribution in [1.29, 1.82) is 0 Å². The van der Waals surface area contributed by atoms with Gasteiger partial charge < -0.3 is 25.5 Å². The molecule has 0 aliphatic rings. The number of benzene rings is 1. The molecule has 0 aromatic heterocycles. The fourth-order valence-electron chi connectivity index (χ4n) is 1.54. The predicted molar refractivity (Wildman–Crippen MR) is 76.3 cm³/mol. The molecule has 0 saturated carbocycles. The van der Waals surface area contributed by atoms with Gasteiger partial charge in [-0.15, -0.1) is 0 Å². The van der Waals surface area contributed by atoms with Crippen molar-refractivity contribution in [3.8, 4) is 0 Å². The number of nitro groups is 1. The predicted octanol–water partition coefficient (Wildman–Crippen LogP) is -1.57. The van der Waals surface area contributed by atoms with Gasteiger partial charge in [-0.2, -0.15) is 5.10 Å². The first kappa shape index (κ1) is 17.9. The molecule has 0 aliphatic carbocycles. The molecular weight excluding hydrogens is 298 g/mol. The van der Waals surface area contributed by atoms with Crippen molar-refractivity contribution < 1.29 is 30.5 Å². The standard InChI is InChI=1S/C12H17N3O7/c16-6-10(18)12(20)11(19)9(17)5-13-14-7-3-1-2-4-8(7)15(21)22/h1-5,9-12,14,16-20H,6H2/t9-,10+,11+,12-/m0/s1. The number of rotatable bonds is 8. The molecule has 6 N–H and O–H groups in total. The van der Waals surface area contributed by atoms with Gasteiger partial charge in [0, 0.05) is 6.07 Å². The Kier molecular flexibility index (Phi) is 6.82. The molecule has 1 rings (SSSR count). The highest BCUT2D eigenvalue weighted by molar-refractivity contribution is 5.67. The summed E-state index contributed by atoms with van der Waals surface area (Å²) in [7, 11) is 0. The lowest BCUT2D eigenvalue weighted by atomic mass is 10.0. The molecule has 10 nitrogen and oxygen atoms in total. The Labute approximate surface area is 125 Å². The molecule has 0 heterocycles. The summed E-state index contributed by atoms with van der Waals surface area (Å²) < 4.78 is 0. The lowest BCUT2D eigenvalue weighted by molar-refractivity contribution is -0.384. The smallest absolute Gasteiger partial charge is 0.294 e. The van der Waals surface area contributed by atoms with Gasteiger partial charge in [-0.05, 0) is 6.07 Å². The Hall–Kier alpha value is -2.11. The minimum absolute atomic E-state index is 0.0707. The third-order valence-corrected chi connectivity index (χ3v) is 2.79. The van der Waals surface area contributed by atoms with Gasteiger partial charge >= 0.3 is 0 Å². The average Bonchev–Trinajstić information content (AvgIpc) is 2.52. The van der Waals surface area contributed by atoms with Gasteiger partial charge in [-0.25, -0.2) is 0 Å². The summed E-state index contributed by atoms with van der Waals surface area (Å²) in [5.74, 6) is 0. The van der Waals surface area contributed by atoms with Crippen molar-refractivity contribution in [2.75, 3.05) is 12.0 Å². The number of aliphatic hydroxyl groups excluding tert-OH is 5.